The van der Waals surface area contributed by atoms with Gasteiger partial charge < -0.3 is 0 Å². The molecule has 0 saturated carbocycles. The van der Waals surface area contributed by atoms with Crippen LogP contribution >= 0.6 is 34.0 Å². The van der Waals surface area contributed by atoms with Crippen molar-refractivity contribution in [2.75, 3.05) is 0 Å². The van der Waals surface area contributed by atoms with Gasteiger partial charge in [-0.3, -0.25) is 0 Å². The van der Waals surface area contributed by atoms with Crippen molar-refractivity contribution in [1.82, 2.24) is 9.97 Å². The molecule has 0 amide bonds. The maximum atomic E-state index is 5.16. The fraction of sp³-hybridized carbons (Fsp3) is 0. The van der Waals surface area contributed by atoms with E-state index in [0.29, 0.717) is 5.82 Å². The van der Waals surface area contributed by atoms with Gasteiger partial charge in [0.1, 0.15) is 0 Å². The number of hydrogen-bond acceptors (Lipinski definition) is 5. The van der Waals surface area contributed by atoms with Crippen LogP contribution in [0.3, 0.4) is 0 Å². The van der Waals surface area contributed by atoms with Gasteiger partial charge in [-0.25, -0.2) is 9.97 Å². The molecular weight excluding hydrogens is 677 g/mol. The van der Waals surface area contributed by atoms with Crippen LogP contribution in [0.2, 0.25) is 0 Å². The van der Waals surface area contributed by atoms with E-state index in [2.05, 4.69) is 170 Å². The predicted molar refractivity (Wildman–Crippen MR) is 221 cm³/mol. The van der Waals surface area contributed by atoms with E-state index in [-0.39, 0.29) is 0 Å². The number of fused-ring (bicyclic) bond motifs is 3. The third kappa shape index (κ3) is 5.75. The summed E-state index contributed by atoms with van der Waals surface area (Å²) >= 11 is 5.48. The average molecular weight is 705 g/mol. The maximum Gasteiger partial charge on any atom is 0.160 e. The Hall–Kier alpha value is -5.72. The highest BCUT2D eigenvalue weighted by Gasteiger charge is 2.14. The molecule has 5 heteroatoms. The minimum absolute atomic E-state index is 0.715. The van der Waals surface area contributed by atoms with E-state index in [1.165, 1.54) is 61.6 Å². The van der Waals surface area contributed by atoms with Crippen molar-refractivity contribution in [1.29, 1.82) is 0 Å². The van der Waals surface area contributed by atoms with Gasteiger partial charge in [0.25, 0.3) is 0 Å². The van der Waals surface area contributed by atoms with Gasteiger partial charge in [-0.2, -0.15) is 0 Å². The van der Waals surface area contributed by atoms with Crippen molar-refractivity contribution in [3.63, 3.8) is 0 Å². The van der Waals surface area contributed by atoms with Crippen LogP contribution in [0.25, 0.3) is 95.5 Å². The molecule has 0 aliphatic carbocycles. The number of benzene rings is 6. The molecule has 0 aliphatic heterocycles. The number of nitrogens with zero attached hydrogens (tertiary/aromatic N) is 2. The topological polar surface area (TPSA) is 25.8 Å². The molecule has 240 valence electrons. The van der Waals surface area contributed by atoms with Gasteiger partial charge in [0.05, 0.1) is 11.4 Å². The lowest BCUT2D eigenvalue weighted by Gasteiger charge is -2.11. The van der Waals surface area contributed by atoms with Crippen molar-refractivity contribution in [2.24, 2.45) is 0 Å². The van der Waals surface area contributed by atoms with E-state index in [1.807, 2.05) is 34.0 Å². The Labute approximate surface area is 307 Å². The number of rotatable bonds is 6. The molecule has 10 rings (SSSR count). The number of aromatic nitrogens is 2. The van der Waals surface area contributed by atoms with Gasteiger partial charge in [-0.1, -0.05) is 127 Å². The molecule has 0 N–H and O–H groups in total. The summed E-state index contributed by atoms with van der Waals surface area (Å²) in [6, 6.07) is 60.9. The van der Waals surface area contributed by atoms with Crippen LogP contribution < -0.4 is 0 Å². The van der Waals surface area contributed by atoms with Gasteiger partial charge in [0.15, 0.2) is 5.82 Å². The Bertz CT molecular complexity index is 2420. The SMILES string of the molecule is c1ccc2sc(-c3ccc(-c4cc(-c5ccc(-c6cc7ccccc7s6)cc5)nc(-c5ccc(-c6cc7ccccc7s6)cc5)n4)cc3)cc2c1. The Morgan fingerprint density at radius 2 is 0.608 bits per heavy atom. The lowest BCUT2D eigenvalue weighted by molar-refractivity contribution is 1.18. The highest BCUT2D eigenvalue weighted by Crippen LogP contribution is 2.38. The van der Waals surface area contributed by atoms with Crippen LogP contribution in [0.5, 0.6) is 0 Å². The van der Waals surface area contributed by atoms with Crippen LogP contribution in [-0.4, -0.2) is 9.97 Å². The van der Waals surface area contributed by atoms with Crippen molar-refractivity contribution >= 4 is 64.3 Å². The van der Waals surface area contributed by atoms with Crippen LogP contribution in [0.15, 0.2) is 170 Å². The molecular formula is C46H28N2S3. The summed E-state index contributed by atoms with van der Waals surface area (Å²) in [4.78, 5) is 14.1. The Morgan fingerprint density at radius 3 is 0.961 bits per heavy atom. The normalized spacial score (nSPS) is 11.5. The van der Waals surface area contributed by atoms with E-state index in [4.69, 9.17) is 9.97 Å². The van der Waals surface area contributed by atoms with E-state index >= 15 is 0 Å². The minimum atomic E-state index is 0.715. The summed E-state index contributed by atoms with van der Waals surface area (Å²) in [5, 5.41) is 3.84. The van der Waals surface area contributed by atoms with Gasteiger partial charge >= 0.3 is 0 Å². The maximum absolute atomic E-state index is 5.16. The number of hydrogen-bond donors (Lipinski definition) is 0. The molecule has 4 aromatic heterocycles. The lowest BCUT2D eigenvalue weighted by Crippen LogP contribution is -1.96. The van der Waals surface area contributed by atoms with E-state index in [9.17, 15) is 0 Å². The highest BCUT2D eigenvalue weighted by molar-refractivity contribution is 7.23. The van der Waals surface area contributed by atoms with E-state index < -0.39 is 0 Å². The van der Waals surface area contributed by atoms with Gasteiger partial charge in [-0.05, 0) is 75.3 Å². The number of thiophene rings is 3. The monoisotopic (exact) mass is 704 g/mol. The third-order valence-corrected chi connectivity index (χ3v) is 12.9. The molecule has 10 aromatic rings. The largest absolute Gasteiger partial charge is 0.228 e. The molecule has 0 spiro atoms. The molecule has 0 radical (unpaired) electrons. The van der Waals surface area contributed by atoms with Crippen molar-refractivity contribution in [3.8, 4) is 65.2 Å². The first-order valence-electron chi connectivity index (χ1n) is 16.9. The van der Waals surface area contributed by atoms with Gasteiger partial charge in [0, 0.05) is 45.4 Å². The zero-order valence-electron chi connectivity index (χ0n) is 27.3. The minimum Gasteiger partial charge on any atom is -0.228 e. The third-order valence-electron chi connectivity index (χ3n) is 9.36. The standard InChI is InChI=1S/C46H28N2S3/c1-4-10-40-35(7-1)25-43(49-40)31-17-13-29(14-18-31)38-28-39(30-15-19-32(20-16-30)44-26-36-8-2-5-11-41(36)50-44)48-46(47-38)34-23-21-33(22-24-34)45-27-37-9-3-6-12-42(37)51-45/h1-28H. The summed E-state index contributed by atoms with van der Waals surface area (Å²) in [5.41, 5.74) is 8.55. The van der Waals surface area contributed by atoms with Gasteiger partial charge in [0.2, 0.25) is 0 Å². The zero-order chi connectivity index (χ0) is 33.7. The molecule has 0 atom stereocenters. The van der Waals surface area contributed by atoms with E-state index in [1.54, 1.807) is 0 Å². The summed E-state index contributed by atoms with van der Waals surface area (Å²) in [6.07, 6.45) is 0. The van der Waals surface area contributed by atoms with Crippen LogP contribution in [0.4, 0.5) is 0 Å². The Morgan fingerprint density at radius 1 is 0.294 bits per heavy atom. The summed E-state index contributed by atoms with van der Waals surface area (Å²) in [7, 11) is 0. The summed E-state index contributed by atoms with van der Waals surface area (Å²) in [6.45, 7) is 0. The fourth-order valence-electron chi connectivity index (χ4n) is 6.64. The highest BCUT2D eigenvalue weighted by atomic mass is 32.1. The van der Waals surface area contributed by atoms with Crippen molar-refractivity contribution < 1.29 is 0 Å². The van der Waals surface area contributed by atoms with Crippen LogP contribution in [0, 0.1) is 0 Å². The lowest BCUT2D eigenvalue weighted by atomic mass is 10.0. The van der Waals surface area contributed by atoms with E-state index in [0.717, 1.165) is 28.1 Å². The van der Waals surface area contributed by atoms with Crippen molar-refractivity contribution in [3.05, 3.63) is 170 Å². The molecule has 0 bridgehead atoms. The molecule has 0 unspecified atom stereocenters. The van der Waals surface area contributed by atoms with Crippen LogP contribution in [-0.2, 0) is 0 Å². The molecule has 6 aromatic carbocycles. The molecule has 0 fully saturated rings. The second-order valence-corrected chi connectivity index (χ2v) is 15.9. The van der Waals surface area contributed by atoms with Crippen molar-refractivity contribution in [2.45, 2.75) is 0 Å². The summed E-state index contributed by atoms with van der Waals surface area (Å²) in [5.74, 6) is 0.715. The molecule has 4 heterocycles. The summed E-state index contributed by atoms with van der Waals surface area (Å²) < 4.78 is 3.91. The molecule has 0 saturated heterocycles. The second-order valence-electron chi connectivity index (χ2n) is 12.6. The Kier molecular flexibility index (Phi) is 7.42. The first-order chi connectivity index (χ1) is 25.2. The Balaban J connectivity index is 1.03. The first-order valence-corrected chi connectivity index (χ1v) is 19.3. The second kappa shape index (κ2) is 12.6. The molecule has 0 aliphatic rings. The fourth-order valence-corrected chi connectivity index (χ4v) is 9.84. The van der Waals surface area contributed by atoms with Crippen LogP contribution in [0.1, 0.15) is 0 Å². The zero-order valence-corrected chi connectivity index (χ0v) is 29.7. The molecule has 51 heavy (non-hydrogen) atoms. The average Bonchev–Trinajstić information content (AvgIpc) is 3.95. The predicted octanol–water partition coefficient (Wildman–Crippen LogP) is 14.1. The molecule has 2 nitrogen and oxygen atoms in total. The first kappa shape index (κ1) is 30.1. The quantitative estimate of drug-likeness (QED) is 0.172. The van der Waals surface area contributed by atoms with Gasteiger partial charge in [-0.15, -0.1) is 34.0 Å². The smallest absolute Gasteiger partial charge is 0.160 e.